The molecule has 2 N–H and O–H groups in total. The highest BCUT2D eigenvalue weighted by molar-refractivity contribution is 14.0. The van der Waals surface area contributed by atoms with E-state index in [-0.39, 0.29) is 35.9 Å². The van der Waals surface area contributed by atoms with E-state index < -0.39 is 0 Å². The number of para-hydroxylation sites is 1. The van der Waals surface area contributed by atoms with Crippen molar-refractivity contribution >= 4 is 35.8 Å². The summed E-state index contributed by atoms with van der Waals surface area (Å²) in [5, 5.41) is 6.70. The second-order valence-electron chi connectivity index (χ2n) is 6.38. The van der Waals surface area contributed by atoms with Crippen LogP contribution in [0.25, 0.3) is 0 Å². The van der Waals surface area contributed by atoms with Crippen molar-refractivity contribution in [1.82, 2.24) is 15.5 Å². The summed E-state index contributed by atoms with van der Waals surface area (Å²) >= 11 is 0. The van der Waals surface area contributed by atoms with Gasteiger partial charge in [0.1, 0.15) is 5.75 Å². The van der Waals surface area contributed by atoms with Gasteiger partial charge >= 0.3 is 0 Å². The van der Waals surface area contributed by atoms with Gasteiger partial charge in [0.05, 0.1) is 6.61 Å². The van der Waals surface area contributed by atoms with E-state index in [0.717, 1.165) is 43.2 Å². The van der Waals surface area contributed by atoms with Gasteiger partial charge in [-0.25, -0.2) is 0 Å². The summed E-state index contributed by atoms with van der Waals surface area (Å²) in [4.78, 5) is 18.0. The number of carbonyl (C=O) groups excluding carboxylic acids is 1. The number of hydrogen-bond donors (Lipinski definition) is 2. The third-order valence-corrected chi connectivity index (χ3v) is 4.24. The van der Waals surface area contributed by atoms with Crippen LogP contribution >= 0.6 is 24.0 Å². The predicted octanol–water partition coefficient (Wildman–Crippen LogP) is 2.56. The Kier molecular flexibility index (Phi) is 10.4. The van der Waals surface area contributed by atoms with Crippen molar-refractivity contribution in [2.24, 2.45) is 4.99 Å². The molecule has 0 radical (unpaired) electrons. The molecule has 7 heteroatoms. The molecule has 26 heavy (non-hydrogen) atoms. The van der Waals surface area contributed by atoms with Gasteiger partial charge in [0, 0.05) is 45.6 Å². The first-order valence-corrected chi connectivity index (χ1v) is 9.07. The lowest BCUT2D eigenvalue weighted by Gasteiger charge is -2.31. The monoisotopic (exact) mass is 474 g/mol. The van der Waals surface area contributed by atoms with Crippen LogP contribution in [0.3, 0.4) is 0 Å². The lowest BCUT2D eigenvalue weighted by Crippen LogP contribution is -2.51. The summed E-state index contributed by atoms with van der Waals surface area (Å²) in [6, 6.07) is 8.29. The quantitative estimate of drug-likeness (QED) is 0.276. The summed E-state index contributed by atoms with van der Waals surface area (Å²) in [6.07, 6.45) is 2.30. The number of aryl methyl sites for hydroxylation is 1. The van der Waals surface area contributed by atoms with E-state index in [1.165, 1.54) is 0 Å². The Balaban J connectivity index is 0.00000338. The number of likely N-dealkylation sites (tertiary alicyclic amines) is 1. The average Bonchev–Trinajstić information content (AvgIpc) is 2.59. The molecule has 6 nitrogen and oxygen atoms in total. The predicted molar refractivity (Wildman–Crippen MR) is 116 cm³/mol. The van der Waals surface area contributed by atoms with Crippen LogP contribution in [-0.4, -0.2) is 56.1 Å². The number of nitrogens with one attached hydrogen (secondary N) is 2. The molecule has 146 valence electrons. The number of carbonyl (C=O) groups is 1. The number of benzene rings is 1. The first-order chi connectivity index (χ1) is 12.1. The fraction of sp³-hybridized carbons (Fsp3) is 0.579. The Morgan fingerprint density at radius 1 is 1.38 bits per heavy atom. The molecule has 1 saturated heterocycles. The summed E-state index contributed by atoms with van der Waals surface area (Å²) in [5.74, 6) is 1.96. The van der Waals surface area contributed by atoms with Crippen LogP contribution in [0.4, 0.5) is 0 Å². The molecule has 0 aromatic heterocycles. The number of rotatable bonds is 7. The molecule has 0 bridgehead atoms. The first kappa shape index (κ1) is 22.5. The second kappa shape index (κ2) is 12.0. The van der Waals surface area contributed by atoms with E-state index in [4.69, 9.17) is 4.74 Å². The molecule has 1 aromatic carbocycles. The van der Waals surface area contributed by atoms with Crippen LogP contribution in [0.15, 0.2) is 29.3 Å². The minimum atomic E-state index is 0. The van der Waals surface area contributed by atoms with E-state index in [9.17, 15) is 4.79 Å². The molecule has 1 aliphatic heterocycles. The number of aliphatic imine (C=N–C) groups is 1. The summed E-state index contributed by atoms with van der Waals surface area (Å²) in [5.41, 5.74) is 1.15. The lowest BCUT2D eigenvalue weighted by atomic mass is 10.1. The number of ether oxygens (including phenoxy) is 1. The zero-order valence-corrected chi connectivity index (χ0v) is 18.3. The molecule has 0 saturated carbocycles. The molecular formula is C19H31IN4O2. The van der Waals surface area contributed by atoms with Crippen LogP contribution in [-0.2, 0) is 4.79 Å². The third-order valence-electron chi connectivity index (χ3n) is 4.24. The Bertz CT molecular complexity index is 595. The van der Waals surface area contributed by atoms with E-state index >= 15 is 0 Å². The SMILES string of the molecule is CCNC(=NCCCOc1ccccc1C)NC1CCC(=O)N(C)C1.I. The Morgan fingerprint density at radius 2 is 2.15 bits per heavy atom. The van der Waals surface area contributed by atoms with Gasteiger partial charge in [0.15, 0.2) is 5.96 Å². The number of guanidine groups is 1. The Labute approximate surface area is 173 Å². The molecule has 1 amide bonds. The molecule has 1 unspecified atom stereocenters. The largest absolute Gasteiger partial charge is 0.493 e. The number of hydrogen-bond acceptors (Lipinski definition) is 3. The van der Waals surface area contributed by atoms with E-state index in [1.54, 1.807) is 4.90 Å². The maximum absolute atomic E-state index is 11.6. The fourth-order valence-electron chi connectivity index (χ4n) is 2.80. The normalized spacial score (nSPS) is 17.5. The molecule has 1 heterocycles. The fourth-order valence-corrected chi connectivity index (χ4v) is 2.80. The third kappa shape index (κ3) is 7.39. The summed E-state index contributed by atoms with van der Waals surface area (Å²) in [7, 11) is 1.85. The minimum Gasteiger partial charge on any atom is -0.493 e. The van der Waals surface area contributed by atoms with Crippen molar-refractivity contribution in [2.75, 3.05) is 33.3 Å². The molecule has 1 aromatic rings. The number of amides is 1. The maximum atomic E-state index is 11.6. The van der Waals surface area contributed by atoms with Gasteiger partial charge in [-0.2, -0.15) is 0 Å². The standard InChI is InChI=1S/C19H30N4O2.HI/c1-4-20-19(22-16-10-11-18(24)23(3)14-16)21-12-7-13-25-17-9-6-5-8-15(17)2;/h5-6,8-9,16H,4,7,10-14H2,1-3H3,(H2,20,21,22);1H. The van der Waals surface area contributed by atoms with Gasteiger partial charge < -0.3 is 20.3 Å². The molecule has 1 aliphatic rings. The van der Waals surface area contributed by atoms with Gasteiger partial charge in [0.25, 0.3) is 0 Å². The van der Waals surface area contributed by atoms with E-state index in [1.807, 2.05) is 38.2 Å². The van der Waals surface area contributed by atoms with Crippen LogP contribution in [0, 0.1) is 6.92 Å². The number of halogens is 1. The van der Waals surface area contributed by atoms with Crippen molar-refractivity contribution in [3.63, 3.8) is 0 Å². The van der Waals surface area contributed by atoms with E-state index in [2.05, 4.69) is 22.5 Å². The van der Waals surface area contributed by atoms with Gasteiger partial charge in [-0.3, -0.25) is 9.79 Å². The highest BCUT2D eigenvalue weighted by atomic mass is 127. The molecule has 0 spiro atoms. The van der Waals surface area contributed by atoms with Gasteiger partial charge in [0.2, 0.25) is 5.91 Å². The molecule has 0 aliphatic carbocycles. The first-order valence-electron chi connectivity index (χ1n) is 9.07. The van der Waals surface area contributed by atoms with Gasteiger partial charge in [-0.1, -0.05) is 18.2 Å². The van der Waals surface area contributed by atoms with Gasteiger partial charge in [-0.05, 0) is 31.9 Å². The van der Waals surface area contributed by atoms with Crippen molar-refractivity contribution < 1.29 is 9.53 Å². The second-order valence-corrected chi connectivity index (χ2v) is 6.38. The van der Waals surface area contributed by atoms with Crippen LogP contribution in [0.1, 0.15) is 31.7 Å². The number of nitrogens with zero attached hydrogens (tertiary/aromatic N) is 2. The smallest absolute Gasteiger partial charge is 0.222 e. The lowest BCUT2D eigenvalue weighted by molar-refractivity contribution is -0.132. The number of piperidine rings is 1. The molecule has 1 atom stereocenters. The summed E-state index contributed by atoms with van der Waals surface area (Å²) < 4.78 is 5.80. The molecular weight excluding hydrogens is 443 g/mol. The average molecular weight is 474 g/mol. The minimum absolute atomic E-state index is 0. The molecule has 1 fully saturated rings. The van der Waals surface area contributed by atoms with Gasteiger partial charge in [-0.15, -0.1) is 24.0 Å². The topological polar surface area (TPSA) is 66.0 Å². The number of likely N-dealkylation sites (N-methyl/N-ethyl adjacent to an activating group) is 1. The van der Waals surface area contributed by atoms with Crippen molar-refractivity contribution in [1.29, 1.82) is 0 Å². The summed E-state index contributed by atoms with van der Waals surface area (Å²) in [6.45, 7) is 6.98. The highest BCUT2D eigenvalue weighted by Crippen LogP contribution is 2.16. The van der Waals surface area contributed by atoms with Crippen LogP contribution in [0.5, 0.6) is 5.75 Å². The Morgan fingerprint density at radius 3 is 2.85 bits per heavy atom. The van der Waals surface area contributed by atoms with Crippen molar-refractivity contribution in [2.45, 2.75) is 39.2 Å². The van der Waals surface area contributed by atoms with Crippen LogP contribution < -0.4 is 15.4 Å². The van der Waals surface area contributed by atoms with Crippen molar-refractivity contribution in [3.05, 3.63) is 29.8 Å². The zero-order chi connectivity index (χ0) is 18.1. The Hall–Kier alpha value is -1.51. The van der Waals surface area contributed by atoms with E-state index in [0.29, 0.717) is 19.6 Å². The van der Waals surface area contributed by atoms with Crippen molar-refractivity contribution in [3.8, 4) is 5.75 Å². The molecule has 2 rings (SSSR count). The zero-order valence-electron chi connectivity index (χ0n) is 16.0. The van der Waals surface area contributed by atoms with Crippen LogP contribution in [0.2, 0.25) is 0 Å². The maximum Gasteiger partial charge on any atom is 0.222 e. The highest BCUT2D eigenvalue weighted by Gasteiger charge is 2.23.